The minimum Gasteiger partial charge on any atom is -0.328 e. The highest BCUT2D eigenvalue weighted by Gasteiger charge is 2.17. The second kappa shape index (κ2) is 5.27. The van der Waals surface area contributed by atoms with Crippen molar-refractivity contribution in [1.82, 2.24) is 9.71 Å². The van der Waals surface area contributed by atoms with Gasteiger partial charge in [-0.05, 0) is 18.9 Å². The third-order valence-corrected chi connectivity index (χ3v) is 3.89. The van der Waals surface area contributed by atoms with Crippen molar-refractivity contribution in [3.05, 3.63) is 28.7 Å². The summed E-state index contributed by atoms with van der Waals surface area (Å²) in [5, 5.41) is 0. The summed E-state index contributed by atoms with van der Waals surface area (Å²) in [6, 6.07) is 2.42. The van der Waals surface area contributed by atoms with Crippen molar-refractivity contribution in [2.24, 2.45) is 0 Å². The first kappa shape index (κ1) is 12.9. The van der Waals surface area contributed by atoms with E-state index in [0.717, 1.165) is 12.8 Å². The minimum atomic E-state index is -3.52. The van der Waals surface area contributed by atoms with E-state index in [4.69, 9.17) is 0 Å². The molecule has 0 fully saturated rings. The van der Waals surface area contributed by atoms with Gasteiger partial charge in [0.25, 0.3) is 0 Å². The van der Waals surface area contributed by atoms with Crippen molar-refractivity contribution in [2.75, 3.05) is 0 Å². The zero-order chi connectivity index (χ0) is 12.2. The summed E-state index contributed by atoms with van der Waals surface area (Å²) >= 11 is 0. The molecule has 0 amide bonds. The van der Waals surface area contributed by atoms with E-state index in [9.17, 15) is 13.2 Å². The van der Waals surface area contributed by atoms with Gasteiger partial charge in [-0.15, -0.1) is 0 Å². The van der Waals surface area contributed by atoms with Crippen molar-refractivity contribution >= 4 is 10.0 Å². The van der Waals surface area contributed by atoms with Crippen LogP contribution in [0.5, 0.6) is 0 Å². The fourth-order valence-electron chi connectivity index (χ4n) is 1.31. The molecule has 0 unspecified atom stereocenters. The Hall–Kier alpha value is -1.14. The Morgan fingerprint density at radius 3 is 2.38 bits per heavy atom. The van der Waals surface area contributed by atoms with Crippen molar-refractivity contribution < 1.29 is 8.42 Å². The molecule has 0 saturated heterocycles. The van der Waals surface area contributed by atoms with Gasteiger partial charge in [-0.25, -0.2) is 13.1 Å². The van der Waals surface area contributed by atoms with E-state index in [0.29, 0.717) is 0 Å². The molecule has 1 aromatic heterocycles. The molecule has 2 N–H and O–H groups in total. The van der Waals surface area contributed by atoms with Crippen molar-refractivity contribution in [3.8, 4) is 0 Å². The number of hydrogen-bond donors (Lipinski definition) is 2. The number of pyridine rings is 1. The van der Waals surface area contributed by atoms with E-state index >= 15 is 0 Å². The summed E-state index contributed by atoms with van der Waals surface area (Å²) < 4.78 is 26.3. The van der Waals surface area contributed by atoms with E-state index in [1.54, 1.807) is 0 Å². The number of nitrogens with one attached hydrogen (secondary N) is 2. The number of aromatic nitrogens is 1. The van der Waals surface area contributed by atoms with Gasteiger partial charge in [0.15, 0.2) is 0 Å². The lowest BCUT2D eigenvalue weighted by Gasteiger charge is -2.14. The summed E-state index contributed by atoms with van der Waals surface area (Å²) in [6.45, 7) is 3.84. The van der Waals surface area contributed by atoms with Gasteiger partial charge in [-0.2, -0.15) is 0 Å². The Kier molecular flexibility index (Phi) is 4.26. The molecule has 0 saturated carbocycles. The molecular formula is C10H16N2O3S. The molecule has 0 radical (unpaired) electrons. The standard InChI is InChI=1S/C10H16N2O3S/c1-3-8(4-2)12-16(14,15)9-5-6-10(13)11-7-9/h5-8,12H,3-4H2,1-2H3,(H,11,13). The number of aromatic amines is 1. The van der Waals surface area contributed by atoms with Crippen LogP contribution in [-0.2, 0) is 10.0 Å². The molecule has 0 atom stereocenters. The molecule has 0 aliphatic carbocycles. The zero-order valence-electron chi connectivity index (χ0n) is 9.36. The van der Waals surface area contributed by atoms with Crippen LogP contribution in [-0.4, -0.2) is 19.4 Å². The Balaban J connectivity index is 2.94. The summed E-state index contributed by atoms with van der Waals surface area (Å²) in [5.41, 5.74) is -0.318. The number of H-pyrrole nitrogens is 1. The predicted octanol–water partition coefficient (Wildman–Crippen LogP) is 0.842. The molecule has 0 aromatic carbocycles. The van der Waals surface area contributed by atoms with Crippen LogP contribution in [0.4, 0.5) is 0 Å². The largest absolute Gasteiger partial charge is 0.328 e. The van der Waals surface area contributed by atoms with Crippen LogP contribution in [0.25, 0.3) is 0 Å². The first-order valence-corrected chi connectivity index (χ1v) is 6.69. The maximum absolute atomic E-state index is 11.8. The van der Waals surface area contributed by atoms with E-state index in [-0.39, 0.29) is 16.5 Å². The number of sulfonamides is 1. The second-order valence-electron chi connectivity index (χ2n) is 3.52. The van der Waals surface area contributed by atoms with Gasteiger partial charge in [0, 0.05) is 18.3 Å². The molecule has 1 heterocycles. The van der Waals surface area contributed by atoms with Gasteiger partial charge >= 0.3 is 0 Å². The van der Waals surface area contributed by atoms with Crippen LogP contribution in [0.15, 0.2) is 28.0 Å². The Morgan fingerprint density at radius 2 is 1.94 bits per heavy atom. The van der Waals surface area contributed by atoms with Gasteiger partial charge in [-0.3, -0.25) is 4.79 Å². The molecule has 0 aliphatic rings. The van der Waals surface area contributed by atoms with Crippen molar-refractivity contribution in [1.29, 1.82) is 0 Å². The van der Waals surface area contributed by atoms with Gasteiger partial charge < -0.3 is 4.98 Å². The Morgan fingerprint density at radius 1 is 1.31 bits per heavy atom. The monoisotopic (exact) mass is 244 g/mol. The smallest absolute Gasteiger partial charge is 0.247 e. The van der Waals surface area contributed by atoms with Crippen LogP contribution in [0.2, 0.25) is 0 Å². The van der Waals surface area contributed by atoms with E-state index in [1.807, 2.05) is 13.8 Å². The van der Waals surface area contributed by atoms with Crippen LogP contribution in [0, 0.1) is 0 Å². The average molecular weight is 244 g/mol. The number of rotatable bonds is 5. The molecular weight excluding hydrogens is 228 g/mol. The third kappa shape index (κ3) is 3.18. The molecule has 1 rings (SSSR count). The summed E-state index contributed by atoms with van der Waals surface area (Å²) in [6.07, 6.45) is 2.67. The average Bonchev–Trinajstić information content (AvgIpc) is 2.26. The second-order valence-corrected chi connectivity index (χ2v) is 5.24. The van der Waals surface area contributed by atoms with Gasteiger partial charge in [0.1, 0.15) is 0 Å². The molecule has 1 aromatic rings. The topological polar surface area (TPSA) is 79.0 Å². The molecule has 0 aliphatic heterocycles. The lowest BCUT2D eigenvalue weighted by molar-refractivity contribution is 0.530. The lowest BCUT2D eigenvalue weighted by atomic mass is 10.2. The molecule has 0 spiro atoms. The molecule has 0 bridgehead atoms. The van der Waals surface area contributed by atoms with Crippen LogP contribution in [0.1, 0.15) is 26.7 Å². The fraction of sp³-hybridized carbons (Fsp3) is 0.500. The fourth-order valence-corrected chi connectivity index (χ4v) is 2.68. The maximum atomic E-state index is 11.8. The highest BCUT2D eigenvalue weighted by atomic mass is 32.2. The molecule has 6 heteroatoms. The van der Waals surface area contributed by atoms with Crippen molar-refractivity contribution in [3.63, 3.8) is 0 Å². The predicted molar refractivity (Wildman–Crippen MR) is 61.8 cm³/mol. The minimum absolute atomic E-state index is 0.0723. The van der Waals surface area contributed by atoms with Crippen LogP contribution < -0.4 is 10.3 Å². The van der Waals surface area contributed by atoms with Crippen LogP contribution in [0.3, 0.4) is 0 Å². The first-order chi connectivity index (χ1) is 7.49. The van der Waals surface area contributed by atoms with E-state index in [1.165, 1.54) is 18.3 Å². The molecule has 16 heavy (non-hydrogen) atoms. The molecule has 5 nitrogen and oxygen atoms in total. The summed E-state index contributed by atoms with van der Waals surface area (Å²) in [7, 11) is -3.52. The van der Waals surface area contributed by atoms with Crippen molar-refractivity contribution in [2.45, 2.75) is 37.6 Å². The SMILES string of the molecule is CCC(CC)NS(=O)(=O)c1ccc(=O)[nH]c1. The van der Waals surface area contributed by atoms with Gasteiger partial charge in [-0.1, -0.05) is 13.8 Å². The highest BCUT2D eigenvalue weighted by Crippen LogP contribution is 2.07. The molecule has 90 valence electrons. The van der Waals surface area contributed by atoms with E-state index < -0.39 is 10.0 Å². The Labute approximate surface area is 94.9 Å². The summed E-state index contributed by atoms with van der Waals surface area (Å²) in [5.74, 6) is 0. The zero-order valence-corrected chi connectivity index (χ0v) is 10.2. The third-order valence-electron chi connectivity index (χ3n) is 2.37. The highest BCUT2D eigenvalue weighted by molar-refractivity contribution is 7.89. The van der Waals surface area contributed by atoms with Gasteiger partial charge in [0.2, 0.25) is 15.6 Å². The summed E-state index contributed by atoms with van der Waals surface area (Å²) in [4.78, 5) is 13.2. The number of hydrogen-bond acceptors (Lipinski definition) is 3. The first-order valence-electron chi connectivity index (χ1n) is 5.20. The van der Waals surface area contributed by atoms with Crippen LogP contribution >= 0.6 is 0 Å². The normalized spacial score (nSPS) is 11.9. The van der Waals surface area contributed by atoms with E-state index in [2.05, 4.69) is 9.71 Å². The maximum Gasteiger partial charge on any atom is 0.247 e. The lowest BCUT2D eigenvalue weighted by Crippen LogP contribution is -2.34. The quantitative estimate of drug-likeness (QED) is 0.805. The van der Waals surface area contributed by atoms with Gasteiger partial charge in [0.05, 0.1) is 4.90 Å². The Bertz CT molecular complexity index is 469.